The van der Waals surface area contributed by atoms with Crippen LogP contribution in [0.3, 0.4) is 0 Å². The lowest BCUT2D eigenvalue weighted by atomic mass is 9.94. The topological polar surface area (TPSA) is 63.8 Å². The summed E-state index contributed by atoms with van der Waals surface area (Å²) in [6.45, 7) is 4.49. The van der Waals surface area contributed by atoms with E-state index in [1.165, 1.54) is 32.5 Å². The van der Waals surface area contributed by atoms with Gasteiger partial charge in [-0.15, -0.1) is 0 Å². The Morgan fingerprint density at radius 1 is 1.11 bits per heavy atom. The number of fused-ring (bicyclic) bond motifs is 1. The third-order valence-corrected chi connectivity index (χ3v) is 5.20. The average Bonchev–Trinajstić information content (AvgIpc) is 3.31. The predicted octanol–water partition coefficient (Wildman–Crippen LogP) is 5.42. The molecule has 0 aliphatic rings. The number of hydrogen-bond acceptors (Lipinski definition) is 2. The van der Waals surface area contributed by atoms with Crippen molar-refractivity contribution in [1.29, 1.82) is 0 Å². The van der Waals surface area contributed by atoms with E-state index in [9.17, 15) is 0 Å². The Balaban J connectivity index is 0.000000659. The van der Waals surface area contributed by atoms with E-state index in [1.807, 2.05) is 6.20 Å². The van der Waals surface area contributed by atoms with Crippen LogP contribution in [0.15, 0.2) is 78.1 Å². The van der Waals surface area contributed by atoms with E-state index in [0.29, 0.717) is 5.92 Å². The molecular weight excluding hydrogens is 354 g/mol. The highest BCUT2D eigenvalue weighted by atomic mass is 32.2. The molecule has 2 heterocycles. The van der Waals surface area contributed by atoms with Gasteiger partial charge in [-0.3, -0.25) is 8.77 Å². The molecule has 2 aromatic heterocycles. The number of nitrogens with one attached hydrogen (secondary N) is 1. The third-order valence-electron chi connectivity index (χ3n) is 4.30. The number of primary amides is 1. The molecule has 0 radical (unpaired) electrons. The number of carbonyl (C=O) groups is 1. The summed E-state index contributed by atoms with van der Waals surface area (Å²) in [5.74, 6) is 0.521. The zero-order chi connectivity index (χ0) is 19.2. The number of hydrogen-bond donors (Lipinski definition) is 2. The van der Waals surface area contributed by atoms with Crippen molar-refractivity contribution < 1.29 is 4.79 Å². The fraction of sp³-hybridized carbons (Fsp3) is 0.136. The summed E-state index contributed by atoms with van der Waals surface area (Å²) in [4.78, 5) is 13.1. The molecule has 0 bridgehead atoms. The second kappa shape index (κ2) is 8.64. The molecule has 0 unspecified atom stereocenters. The molecule has 138 valence electrons. The fourth-order valence-corrected chi connectivity index (χ4v) is 3.91. The van der Waals surface area contributed by atoms with Gasteiger partial charge in [0, 0.05) is 40.0 Å². The van der Waals surface area contributed by atoms with Gasteiger partial charge in [-0.1, -0.05) is 38.1 Å². The Hall–Kier alpha value is -2.92. The first-order valence-electron chi connectivity index (χ1n) is 8.80. The van der Waals surface area contributed by atoms with Crippen molar-refractivity contribution in [3.63, 3.8) is 0 Å². The Kier molecular flexibility index (Phi) is 6.04. The summed E-state index contributed by atoms with van der Waals surface area (Å²) in [5.41, 5.74) is 9.34. The molecule has 5 heteroatoms. The highest BCUT2D eigenvalue weighted by Crippen LogP contribution is 2.32. The molecule has 3 N–H and O–H groups in total. The summed E-state index contributed by atoms with van der Waals surface area (Å²) in [7, 11) is 0. The SMILES string of the molecule is CC(C)c1ccccc1-c1ccn(Sc2ccc3[nH]ccc3c2)c1.NC=O. The second-order valence-electron chi connectivity index (χ2n) is 6.46. The Labute approximate surface area is 163 Å². The summed E-state index contributed by atoms with van der Waals surface area (Å²) < 4.78 is 2.18. The van der Waals surface area contributed by atoms with Crippen LogP contribution in [0.1, 0.15) is 25.3 Å². The molecule has 4 rings (SSSR count). The first kappa shape index (κ1) is 18.9. The van der Waals surface area contributed by atoms with Gasteiger partial charge in [0.15, 0.2) is 0 Å². The van der Waals surface area contributed by atoms with Crippen LogP contribution < -0.4 is 5.73 Å². The normalized spacial score (nSPS) is 10.6. The van der Waals surface area contributed by atoms with Crippen molar-refractivity contribution in [2.75, 3.05) is 0 Å². The van der Waals surface area contributed by atoms with Crippen molar-refractivity contribution in [3.8, 4) is 11.1 Å². The molecule has 0 aliphatic heterocycles. The standard InChI is InChI=1S/C21H20N2S.CH3NO/c1-15(2)19-5-3-4-6-20(19)17-10-12-23(14-17)24-18-7-8-21-16(13-18)9-11-22-21;2-1-3/h3-15,22H,1-2H3;1H,(H2,2,3). The van der Waals surface area contributed by atoms with Crippen LogP contribution in [0.25, 0.3) is 22.0 Å². The lowest BCUT2D eigenvalue weighted by Crippen LogP contribution is -1.91. The van der Waals surface area contributed by atoms with Gasteiger partial charge in [0.05, 0.1) is 0 Å². The highest BCUT2D eigenvalue weighted by molar-refractivity contribution is 7.97. The number of aromatic nitrogens is 2. The minimum absolute atomic E-state index is 0.250. The van der Waals surface area contributed by atoms with E-state index in [2.05, 4.69) is 95.5 Å². The van der Waals surface area contributed by atoms with E-state index < -0.39 is 0 Å². The van der Waals surface area contributed by atoms with Gasteiger partial charge in [0.25, 0.3) is 0 Å². The molecule has 1 amide bonds. The second-order valence-corrected chi connectivity index (χ2v) is 7.53. The quantitative estimate of drug-likeness (QED) is 0.467. The summed E-state index contributed by atoms with van der Waals surface area (Å²) in [6.07, 6.45) is 6.58. The molecule has 0 atom stereocenters. The van der Waals surface area contributed by atoms with E-state index in [0.717, 1.165) is 0 Å². The number of amides is 1. The number of rotatable bonds is 4. The lowest BCUT2D eigenvalue weighted by molar-refractivity contribution is -0.106. The monoisotopic (exact) mass is 377 g/mol. The van der Waals surface area contributed by atoms with Gasteiger partial charge in [-0.25, -0.2) is 0 Å². The molecule has 0 spiro atoms. The maximum Gasteiger partial charge on any atom is 0.204 e. The van der Waals surface area contributed by atoms with Crippen LogP contribution in [0.2, 0.25) is 0 Å². The number of nitrogens with zero attached hydrogens (tertiary/aromatic N) is 1. The molecule has 0 fully saturated rings. The molecule has 4 aromatic rings. The van der Waals surface area contributed by atoms with Crippen LogP contribution in [-0.2, 0) is 4.79 Å². The van der Waals surface area contributed by atoms with Crippen LogP contribution in [0, 0.1) is 0 Å². The number of nitrogens with two attached hydrogens (primary N) is 1. The number of benzene rings is 2. The smallest absolute Gasteiger partial charge is 0.204 e. The number of carbonyl (C=O) groups excluding carboxylic acids is 1. The van der Waals surface area contributed by atoms with Crippen molar-refractivity contribution in [2.24, 2.45) is 5.73 Å². The van der Waals surface area contributed by atoms with Gasteiger partial charge in [0.2, 0.25) is 6.41 Å². The third kappa shape index (κ3) is 4.44. The van der Waals surface area contributed by atoms with Crippen molar-refractivity contribution in [3.05, 3.63) is 78.8 Å². The maximum absolute atomic E-state index is 8.58. The van der Waals surface area contributed by atoms with E-state index in [4.69, 9.17) is 4.79 Å². The largest absolute Gasteiger partial charge is 0.372 e. The molecule has 4 nitrogen and oxygen atoms in total. The Morgan fingerprint density at radius 3 is 2.67 bits per heavy atom. The van der Waals surface area contributed by atoms with Gasteiger partial charge in [0.1, 0.15) is 0 Å². The molecule has 0 saturated carbocycles. The summed E-state index contributed by atoms with van der Waals surface area (Å²) in [6, 6.07) is 19.5. The van der Waals surface area contributed by atoms with E-state index >= 15 is 0 Å². The maximum atomic E-state index is 8.58. The van der Waals surface area contributed by atoms with Gasteiger partial charge in [-0.2, -0.15) is 0 Å². The fourth-order valence-electron chi connectivity index (χ4n) is 3.07. The zero-order valence-corrected chi connectivity index (χ0v) is 16.2. The minimum Gasteiger partial charge on any atom is -0.372 e. The Bertz CT molecular complexity index is 1030. The molecule has 2 aromatic carbocycles. The summed E-state index contributed by atoms with van der Waals surface area (Å²) in [5, 5.41) is 1.25. The zero-order valence-electron chi connectivity index (χ0n) is 15.4. The van der Waals surface area contributed by atoms with Crippen LogP contribution in [0.5, 0.6) is 0 Å². The molecule has 0 aliphatic carbocycles. The molecule has 27 heavy (non-hydrogen) atoms. The van der Waals surface area contributed by atoms with E-state index in [-0.39, 0.29) is 6.41 Å². The highest BCUT2D eigenvalue weighted by Gasteiger charge is 2.09. The predicted molar refractivity (Wildman–Crippen MR) is 114 cm³/mol. The van der Waals surface area contributed by atoms with Crippen LogP contribution in [0.4, 0.5) is 0 Å². The average molecular weight is 378 g/mol. The molecule has 0 saturated heterocycles. The first-order chi connectivity index (χ1) is 13.1. The van der Waals surface area contributed by atoms with Gasteiger partial charge >= 0.3 is 0 Å². The van der Waals surface area contributed by atoms with Gasteiger partial charge < -0.3 is 10.7 Å². The number of aromatic amines is 1. The number of H-pyrrole nitrogens is 1. The van der Waals surface area contributed by atoms with Crippen LogP contribution >= 0.6 is 11.9 Å². The summed E-state index contributed by atoms with van der Waals surface area (Å²) >= 11 is 1.74. The minimum atomic E-state index is 0.250. The van der Waals surface area contributed by atoms with Crippen molar-refractivity contribution in [2.45, 2.75) is 24.7 Å². The van der Waals surface area contributed by atoms with Gasteiger partial charge in [-0.05, 0) is 59.3 Å². The lowest BCUT2D eigenvalue weighted by Gasteiger charge is -2.11. The van der Waals surface area contributed by atoms with Crippen molar-refractivity contribution in [1.82, 2.24) is 8.96 Å². The van der Waals surface area contributed by atoms with Crippen molar-refractivity contribution >= 4 is 29.3 Å². The van der Waals surface area contributed by atoms with E-state index in [1.54, 1.807) is 11.9 Å². The van der Waals surface area contributed by atoms with Crippen LogP contribution in [-0.4, -0.2) is 15.4 Å². The Morgan fingerprint density at radius 2 is 1.89 bits per heavy atom. The molecular formula is C22H23N3OS. The first-order valence-corrected chi connectivity index (χ1v) is 9.58.